The highest BCUT2D eigenvalue weighted by Gasteiger charge is 2.30. The third kappa shape index (κ3) is 3.89. The van der Waals surface area contributed by atoms with Gasteiger partial charge in [-0.15, -0.1) is 0 Å². The van der Waals surface area contributed by atoms with Crippen molar-refractivity contribution in [2.45, 2.75) is 32.7 Å². The summed E-state index contributed by atoms with van der Waals surface area (Å²) in [5, 5.41) is 1.30. The van der Waals surface area contributed by atoms with Crippen molar-refractivity contribution >= 4 is 21.9 Å². The predicted molar refractivity (Wildman–Crippen MR) is 107 cm³/mol. The molecule has 0 radical (unpaired) electrons. The standard InChI is InChI=1S/C20H24N4O2S/c1-16-21-19-9-13-24(15-18(19)20(22-16)23-11-5-6-12-23)27(25,26)14-10-17-7-3-2-4-8-17/h2-4,7-8,10,14H,5-6,9,11-13,15H2,1H3/b14-10+. The summed E-state index contributed by atoms with van der Waals surface area (Å²) in [5.41, 5.74) is 2.82. The zero-order chi connectivity index (χ0) is 18.9. The van der Waals surface area contributed by atoms with Gasteiger partial charge in [-0.25, -0.2) is 18.4 Å². The van der Waals surface area contributed by atoms with Crippen molar-refractivity contribution < 1.29 is 8.42 Å². The van der Waals surface area contributed by atoms with Gasteiger partial charge < -0.3 is 4.90 Å². The maximum Gasteiger partial charge on any atom is 0.236 e. The van der Waals surface area contributed by atoms with E-state index in [9.17, 15) is 8.42 Å². The molecule has 4 rings (SSSR count). The number of hydrogen-bond donors (Lipinski definition) is 0. The smallest absolute Gasteiger partial charge is 0.236 e. The molecule has 1 aromatic carbocycles. The minimum absolute atomic E-state index is 0.336. The van der Waals surface area contributed by atoms with Crippen LogP contribution < -0.4 is 4.90 Å². The summed E-state index contributed by atoms with van der Waals surface area (Å²) in [7, 11) is -3.50. The summed E-state index contributed by atoms with van der Waals surface area (Å²) in [5.74, 6) is 1.68. The second kappa shape index (κ2) is 7.40. The van der Waals surface area contributed by atoms with Gasteiger partial charge >= 0.3 is 0 Å². The lowest BCUT2D eigenvalue weighted by atomic mass is 10.1. The Morgan fingerprint density at radius 3 is 2.52 bits per heavy atom. The van der Waals surface area contributed by atoms with E-state index in [0.29, 0.717) is 19.5 Å². The second-order valence-electron chi connectivity index (χ2n) is 7.06. The van der Waals surface area contributed by atoms with Gasteiger partial charge in [-0.1, -0.05) is 30.3 Å². The molecule has 0 amide bonds. The van der Waals surface area contributed by atoms with Crippen LogP contribution in [0.4, 0.5) is 5.82 Å². The molecule has 2 aliphatic heterocycles. The van der Waals surface area contributed by atoms with E-state index in [0.717, 1.165) is 54.4 Å². The molecular formula is C20H24N4O2S. The molecule has 6 nitrogen and oxygen atoms in total. The average molecular weight is 385 g/mol. The number of sulfonamides is 1. The summed E-state index contributed by atoms with van der Waals surface area (Å²) >= 11 is 0. The van der Waals surface area contributed by atoms with Crippen LogP contribution in [0.2, 0.25) is 0 Å². The number of hydrogen-bond acceptors (Lipinski definition) is 5. The molecule has 0 saturated carbocycles. The van der Waals surface area contributed by atoms with Gasteiger partial charge in [0.15, 0.2) is 0 Å². The summed E-state index contributed by atoms with van der Waals surface area (Å²) in [4.78, 5) is 11.5. The summed E-state index contributed by atoms with van der Waals surface area (Å²) in [6, 6.07) is 9.48. The van der Waals surface area contributed by atoms with Gasteiger partial charge in [0.1, 0.15) is 11.6 Å². The predicted octanol–water partition coefficient (Wildman–Crippen LogP) is 2.74. The Hall–Kier alpha value is -2.25. The van der Waals surface area contributed by atoms with E-state index in [1.807, 2.05) is 37.3 Å². The van der Waals surface area contributed by atoms with Crippen molar-refractivity contribution in [1.29, 1.82) is 0 Å². The molecule has 7 heteroatoms. The Bertz CT molecular complexity index is 951. The number of aryl methyl sites for hydroxylation is 1. The van der Waals surface area contributed by atoms with Gasteiger partial charge in [0.2, 0.25) is 10.0 Å². The summed E-state index contributed by atoms with van der Waals surface area (Å²) in [6.45, 7) is 4.64. The zero-order valence-corrected chi connectivity index (χ0v) is 16.3. The Morgan fingerprint density at radius 1 is 1.04 bits per heavy atom. The molecule has 0 atom stereocenters. The SMILES string of the molecule is Cc1nc2c(c(N3CCCC3)n1)CN(S(=O)(=O)/C=C/c1ccccc1)CC2. The number of benzene rings is 1. The number of aromatic nitrogens is 2. The fourth-order valence-corrected chi connectivity index (χ4v) is 4.87. The van der Waals surface area contributed by atoms with E-state index >= 15 is 0 Å². The van der Waals surface area contributed by atoms with Crippen LogP contribution in [-0.4, -0.2) is 42.3 Å². The first kappa shape index (κ1) is 18.1. The fourth-order valence-electron chi connectivity index (χ4n) is 3.71. The van der Waals surface area contributed by atoms with Crippen molar-refractivity contribution in [3.05, 3.63) is 58.4 Å². The maximum atomic E-state index is 12.9. The molecule has 2 aromatic rings. The quantitative estimate of drug-likeness (QED) is 0.811. The largest absolute Gasteiger partial charge is 0.356 e. The third-order valence-electron chi connectivity index (χ3n) is 5.11. The topological polar surface area (TPSA) is 66.4 Å². The molecule has 142 valence electrons. The van der Waals surface area contributed by atoms with Crippen LogP contribution in [0.15, 0.2) is 35.7 Å². The Morgan fingerprint density at radius 2 is 1.78 bits per heavy atom. The third-order valence-corrected chi connectivity index (χ3v) is 6.62. The lowest BCUT2D eigenvalue weighted by molar-refractivity contribution is 0.392. The monoisotopic (exact) mass is 384 g/mol. The van der Waals surface area contributed by atoms with E-state index in [2.05, 4.69) is 14.9 Å². The number of anilines is 1. The highest BCUT2D eigenvalue weighted by atomic mass is 32.2. The first-order valence-corrected chi connectivity index (χ1v) is 10.9. The zero-order valence-electron chi connectivity index (χ0n) is 15.5. The highest BCUT2D eigenvalue weighted by Crippen LogP contribution is 2.30. The first-order valence-electron chi connectivity index (χ1n) is 9.37. The Balaban J connectivity index is 1.61. The molecule has 0 spiro atoms. The molecule has 0 N–H and O–H groups in total. The van der Waals surface area contributed by atoms with Crippen molar-refractivity contribution in [1.82, 2.24) is 14.3 Å². The molecule has 0 unspecified atom stereocenters. The van der Waals surface area contributed by atoms with Crippen LogP contribution in [0.3, 0.4) is 0 Å². The minimum Gasteiger partial charge on any atom is -0.356 e. The van der Waals surface area contributed by atoms with Crippen LogP contribution in [0, 0.1) is 6.92 Å². The van der Waals surface area contributed by atoms with Crippen molar-refractivity contribution in [3.63, 3.8) is 0 Å². The number of nitrogens with zero attached hydrogens (tertiary/aromatic N) is 4. The van der Waals surface area contributed by atoms with Crippen LogP contribution in [-0.2, 0) is 23.0 Å². The van der Waals surface area contributed by atoms with Gasteiger partial charge in [0.25, 0.3) is 0 Å². The second-order valence-corrected chi connectivity index (χ2v) is 8.87. The Kier molecular flexibility index (Phi) is 4.97. The molecular weight excluding hydrogens is 360 g/mol. The number of rotatable bonds is 4. The summed E-state index contributed by atoms with van der Waals surface area (Å²) < 4.78 is 27.2. The van der Waals surface area contributed by atoms with Crippen LogP contribution >= 0.6 is 0 Å². The molecule has 1 saturated heterocycles. The van der Waals surface area contributed by atoms with Crippen LogP contribution in [0.1, 0.15) is 35.5 Å². The average Bonchev–Trinajstić information content (AvgIpc) is 3.21. The van der Waals surface area contributed by atoms with Crippen molar-refractivity contribution in [2.24, 2.45) is 0 Å². The minimum atomic E-state index is -3.50. The van der Waals surface area contributed by atoms with Crippen molar-refractivity contribution in [2.75, 3.05) is 24.5 Å². The van der Waals surface area contributed by atoms with E-state index in [-0.39, 0.29) is 0 Å². The van der Waals surface area contributed by atoms with Crippen LogP contribution in [0.25, 0.3) is 6.08 Å². The van der Waals surface area contributed by atoms with Crippen molar-refractivity contribution in [3.8, 4) is 0 Å². The molecule has 2 aliphatic rings. The maximum absolute atomic E-state index is 12.9. The lowest BCUT2D eigenvalue weighted by Gasteiger charge is -2.30. The molecule has 1 aromatic heterocycles. The molecule has 1 fully saturated rings. The highest BCUT2D eigenvalue weighted by molar-refractivity contribution is 7.92. The van der Waals surface area contributed by atoms with E-state index < -0.39 is 10.0 Å². The van der Waals surface area contributed by atoms with Gasteiger partial charge in [0.05, 0.1) is 5.69 Å². The van der Waals surface area contributed by atoms with Gasteiger partial charge in [-0.05, 0) is 31.4 Å². The van der Waals surface area contributed by atoms with Gasteiger partial charge in [0, 0.05) is 43.6 Å². The summed E-state index contributed by atoms with van der Waals surface area (Å²) in [6.07, 6.45) is 4.58. The van der Waals surface area contributed by atoms with E-state index in [4.69, 9.17) is 0 Å². The van der Waals surface area contributed by atoms with E-state index in [1.54, 1.807) is 6.08 Å². The van der Waals surface area contributed by atoms with E-state index in [1.165, 1.54) is 9.71 Å². The number of fused-ring (bicyclic) bond motifs is 1. The van der Waals surface area contributed by atoms with Gasteiger partial charge in [-0.3, -0.25) is 0 Å². The Labute approximate surface area is 160 Å². The first-order chi connectivity index (χ1) is 13.0. The lowest BCUT2D eigenvalue weighted by Crippen LogP contribution is -2.37. The normalized spacial score (nSPS) is 18.2. The molecule has 0 bridgehead atoms. The fraction of sp³-hybridized carbons (Fsp3) is 0.400. The molecule has 3 heterocycles. The molecule has 27 heavy (non-hydrogen) atoms. The van der Waals surface area contributed by atoms with Gasteiger partial charge in [-0.2, -0.15) is 4.31 Å². The van der Waals surface area contributed by atoms with Crippen LogP contribution in [0.5, 0.6) is 0 Å². The molecule has 0 aliphatic carbocycles.